The third kappa shape index (κ3) is 2.63. The summed E-state index contributed by atoms with van der Waals surface area (Å²) in [4.78, 5) is 0. The summed E-state index contributed by atoms with van der Waals surface area (Å²) in [6.07, 6.45) is 1.81. The summed E-state index contributed by atoms with van der Waals surface area (Å²) in [5.41, 5.74) is 3.08. The van der Waals surface area contributed by atoms with E-state index in [0.717, 1.165) is 33.7 Å². The summed E-state index contributed by atoms with van der Waals surface area (Å²) in [6, 6.07) is 12.0. The van der Waals surface area contributed by atoms with E-state index in [1.165, 1.54) is 0 Å². The van der Waals surface area contributed by atoms with Gasteiger partial charge in [-0.1, -0.05) is 12.1 Å². The second-order valence-corrected chi connectivity index (χ2v) is 4.68. The second-order valence-electron chi connectivity index (χ2n) is 4.68. The van der Waals surface area contributed by atoms with Gasteiger partial charge in [0.2, 0.25) is 0 Å². The minimum Gasteiger partial charge on any atom is -0.493 e. The van der Waals surface area contributed by atoms with Crippen molar-refractivity contribution < 1.29 is 9.47 Å². The standard InChI is InChI=1S/C16H17N3O2/c1-20-15-5-3-4-12(16(15)21-2)9-17-13-7-6-11-10-18-19-14(11)8-13/h3-8,10,17H,9H2,1-2H3,(H,18,19). The van der Waals surface area contributed by atoms with Gasteiger partial charge in [-0.3, -0.25) is 5.10 Å². The van der Waals surface area contributed by atoms with E-state index >= 15 is 0 Å². The zero-order chi connectivity index (χ0) is 14.7. The maximum atomic E-state index is 5.43. The van der Waals surface area contributed by atoms with E-state index in [2.05, 4.69) is 15.5 Å². The highest BCUT2D eigenvalue weighted by molar-refractivity contribution is 5.81. The lowest BCUT2D eigenvalue weighted by Gasteiger charge is -2.13. The maximum absolute atomic E-state index is 5.43. The SMILES string of the molecule is COc1cccc(CNc2ccc3cn[nH]c3c2)c1OC. The molecule has 0 radical (unpaired) electrons. The average molecular weight is 283 g/mol. The van der Waals surface area contributed by atoms with Crippen molar-refractivity contribution in [3.05, 3.63) is 48.2 Å². The quantitative estimate of drug-likeness (QED) is 0.755. The first kappa shape index (κ1) is 13.3. The van der Waals surface area contributed by atoms with Crippen molar-refractivity contribution in [3.63, 3.8) is 0 Å². The smallest absolute Gasteiger partial charge is 0.165 e. The van der Waals surface area contributed by atoms with Crippen molar-refractivity contribution in [1.29, 1.82) is 0 Å². The summed E-state index contributed by atoms with van der Waals surface area (Å²) in [5, 5.41) is 11.5. The van der Waals surface area contributed by atoms with Crippen molar-refractivity contribution in [2.24, 2.45) is 0 Å². The number of aromatic amines is 1. The molecule has 3 rings (SSSR count). The number of nitrogens with zero attached hydrogens (tertiary/aromatic N) is 1. The molecule has 1 heterocycles. The number of rotatable bonds is 5. The van der Waals surface area contributed by atoms with E-state index < -0.39 is 0 Å². The van der Waals surface area contributed by atoms with E-state index in [0.29, 0.717) is 6.54 Å². The third-order valence-electron chi connectivity index (χ3n) is 3.41. The normalized spacial score (nSPS) is 10.6. The zero-order valence-electron chi connectivity index (χ0n) is 12.0. The Balaban J connectivity index is 1.80. The molecule has 3 aromatic rings. The molecule has 0 aliphatic rings. The lowest BCUT2D eigenvalue weighted by Crippen LogP contribution is -2.02. The number of H-pyrrole nitrogens is 1. The van der Waals surface area contributed by atoms with Gasteiger partial charge in [0, 0.05) is 23.2 Å². The molecule has 108 valence electrons. The maximum Gasteiger partial charge on any atom is 0.165 e. The number of benzene rings is 2. The Morgan fingerprint density at radius 3 is 2.86 bits per heavy atom. The van der Waals surface area contributed by atoms with E-state index in [1.54, 1.807) is 14.2 Å². The molecule has 5 heteroatoms. The van der Waals surface area contributed by atoms with E-state index in [1.807, 2.05) is 42.6 Å². The van der Waals surface area contributed by atoms with Crippen LogP contribution in [0.3, 0.4) is 0 Å². The minimum atomic E-state index is 0.653. The zero-order valence-corrected chi connectivity index (χ0v) is 12.0. The fourth-order valence-electron chi connectivity index (χ4n) is 2.34. The molecular formula is C16H17N3O2. The predicted molar refractivity (Wildman–Crippen MR) is 83.0 cm³/mol. The van der Waals surface area contributed by atoms with Gasteiger partial charge in [-0.2, -0.15) is 5.10 Å². The summed E-state index contributed by atoms with van der Waals surface area (Å²) >= 11 is 0. The molecule has 0 spiro atoms. The first-order valence-electron chi connectivity index (χ1n) is 6.68. The van der Waals surface area contributed by atoms with Crippen molar-refractivity contribution in [2.75, 3.05) is 19.5 Å². The average Bonchev–Trinajstić information content (AvgIpc) is 2.99. The molecule has 0 fully saturated rings. The van der Waals surface area contributed by atoms with Gasteiger partial charge in [0.15, 0.2) is 11.5 Å². The fraction of sp³-hybridized carbons (Fsp3) is 0.188. The lowest BCUT2D eigenvalue weighted by molar-refractivity contribution is 0.352. The molecule has 0 amide bonds. The molecule has 1 aromatic heterocycles. The van der Waals surface area contributed by atoms with Crippen LogP contribution in [0.4, 0.5) is 5.69 Å². The Bertz CT molecular complexity index is 752. The highest BCUT2D eigenvalue weighted by Gasteiger charge is 2.09. The van der Waals surface area contributed by atoms with Crippen molar-refractivity contribution in [3.8, 4) is 11.5 Å². The molecule has 0 saturated carbocycles. The van der Waals surface area contributed by atoms with Crippen molar-refractivity contribution in [2.45, 2.75) is 6.54 Å². The summed E-state index contributed by atoms with van der Waals surface area (Å²) in [7, 11) is 3.29. The van der Waals surface area contributed by atoms with E-state index in [-0.39, 0.29) is 0 Å². The highest BCUT2D eigenvalue weighted by Crippen LogP contribution is 2.31. The number of aromatic nitrogens is 2. The van der Waals surface area contributed by atoms with Crippen molar-refractivity contribution in [1.82, 2.24) is 10.2 Å². The van der Waals surface area contributed by atoms with Crippen LogP contribution in [0, 0.1) is 0 Å². The van der Waals surface area contributed by atoms with Gasteiger partial charge >= 0.3 is 0 Å². The number of fused-ring (bicyclic) bond motifs is 1. The Morgan fingerprint density at radius 2 is 2.05 bits per heavy atom. The Kier molecular flexibility index (Phi) is 3.64. The van der Waals surface area contributed by atoms with Gasteiger partial charge in [0.25, 0.3) is 0 Å². The van der Waals surface area contributed by atoms with E-state index in [4.69, 9.17) is 9.47 Å². The summed E-state index contributed by atoms with van der Waals surface area (Å²) in [5.74, 6) is 1.50. The van der Waals surface area contributed by atoms with Crippen LogP contribution in [0.15, 0.2) is 42.6 Å². The Morgan fingerprint density at radius 1 is 1.14 bits per heavy atom. The van der Waals surface area contributed by atoms with Crippen LogP contribution in [-0.4, -0.2) is 24.4 Å². The van der Waals surface area contributed by atoms with Crippen LogP contribution in [0.1, 0.15) is 5.56 Å². The molecule has 0 bridgehead atoms. The van der Waals surface area contributed by atoms with Crippen LogP contribution in [0.2, 0.25) is 0 Å². The third-order valence-corrected chi connectivity index (χ3v) is 3.41. The number of hydrogen-bond acceptors (Lipinski definition) is 4. The van der Waals surface area contributed by atoms with Gasteiger partial charge in [-0.15, -0.1) is 0 Å². The monoisotopic (exact) mass is 283 g/mol. The van der Waals surface area contributed by atoms with Gasteiger partial charge in [0.05, 0.1) is 25.9 Å². The molecule has 0 atom stereocenters. The van der Waals surface area contributed by atoms with Gasteiger partial charge in [-0.05, 0) is 24.3 Å². The Labute approximate surface area is 122 Å². The molecule has 2 aromatic carbocycles. The molecule has 0 aliphatic heterocycles. The second kappa shape index (κ2) is 5.75. The number of anilines is 1. The highest BCUT2D eigenvalue weighted by atomic mass is 16.5. The fourth-order valence-corrected chi connectivity index (χ4v) is 2.34. The summed E-state index contributed by atoms with van der Waals surface area (Å²) in [6.45, 7) is 0.653. The molecular weight excluding hydrogens is 266 g/mol. The topological polar surface area (TPSA) is 59.2 Å². The van der Waals surface area contributed by atoms with Crippen LogP contribution >= 0.6 is 0 Å². The molecule has 0 saturated heterocycles. The van der Waals surface area contributed by atoms with Gasteiger partial charge in [-0.25, -0.2) is 0 Å². The largest absolute Gasteiger partial charge is 0.493 e. The lowest BCUT2D eigenvalue weighted by atomic mass is 10.1. The molecule has 2 N–H and O–H groups in total. The number of nitrogens with one attached hydrogen (secondary N) is 2. The molecule has 5 nitrogen and oxygen atoms in total. The van der Waals surface area contributed by atoms with Crippen LogP contribution in [0.25, 0.3) is 10.9 Å². The van der Waals surface area contributed by atoms with Crippen molar-refractivity contribution >= 4 is 16.6 Å². The number of methoxy groups -OCH3 is 2. The molecule has 0 aliphatic carbocycles. The van der Waals surface area contributed by atoms with Crippen LogP contribution in [-0.2, 0) is 6.54 Å². The first-order chi connectivity index (χ1) is 10.3. The predicted octanol–water partition coefficient (Wildman–Crippen LogP) is 3.19. The number of para-hydroxylation sites is 1. The molecule has 21 heavy (non-hydrogen) atoms. The van der Waals surface area contributed by atoms with Gasteiger partial charge < -0.3 is 14.8 Å². The summed E-state index contributed by atoms with van der Waals surface area (Å²) < 4.78 is 10.7. The van der Waals surface area contributed by atoms with E-state index in [9.17, 15) is 0 Å². The van der Waals surface area contributed by atoms with Crippen LogP contribution < -0.4 is 14.8 Å². The molecule has 0 unspecified atom stereocenters. The first-order valence-corrected chi connectivity index (χ1v) is 6.68. The number of ether oxygens (including phenoxy) is 2. The number of hydrogen-bond donors (Lipinski definition) is 2. The minimum absolute atomic E-state index is 0.653. The van der Waals surface area contributed by atoms with Crippen LogP contribution in [0.5, 0.6) is 11.5 Å². The Hall–Kier alpha value is -2.69. The van der Waals surface area contributed by atoms with Gasteiger partial charge in [0.1, 0.15) is 0 Å².